The van der Waals surface area contributed by atoms with Crippen LogP contribution in [0.4, 0.5) is 0 Å². The third kappa shape index (κ3) is 4.94. The summed E-state index contributed by atoms with van der Waals surface area (Å²) in [6.07, 6.45) is 0. The molecule has 122 valence electrons. The third-order valence-corrected chi connectivity index (χ3v) is 11.6. The van der Waals surface area contributed by atoms with E-state index in [1.54, 1.807) is 48.5 Å². The van der Waals surface area contributed by atoms with Crippen LogP contribution >= 0.6 is 11.6 Å². The van der Waals surface area contributed by atoms with Crippen LogP contribution < -0.4 is 0 Å². The van der Waals surface area contributed by atoms with Crippen molar-refractivity contribution in [3.05, 3.63) is 54.1 Å². The molecule has 2 aromatic rings. The van der Waals surface area contributed by atoms with Crippen LogP contribution in [0.1, 0.15) is 24.2 Å². The van der Waals surface area contributed by atoms with Crippen molar-refractivity contribution in [2.24, 2.45) is 5.92 Å². The van der Waals surface area contributed by atoms with Gasteiger partial charge in [-0.2, -0.15) is 0 Å². The average Bonchev–Trinajstić information content (AvgIpc) is 2.53. The van der Waals surface area contributed by atoms with E-state index in [2.05, 4.69) is 0 Å². The summed E-state index contributed by atoms with van der Waals surface area (Å²) >= 11 is 4.38. The predicted molar refractivity (Wildman–Crippen MR) is 96.0 cm³/mol. The molecule has 0 aliphatic heterocycles. The van der Waals surface area contributed by atoms with Gasteiger partial charge in [-0.25, -0.2) is 0 Å². The SMILES string of the molecule is CC(C)C[AsH]S(=O)(=O)c1ccc(-c2ccc(C(=O)Cl)cc2)cc1. The van der Waals surface area contributed by atoms with Gasteiger partial charge in [-0.1, -0.05) is 0 Å². The second kappa shape index (κ2) is 7.65. The van der Waals surface area contributed by atoms with Crippen molar-refractivity contribution < 1.29 is 13.2 Å². The summed E-state index contributed by atoms with van der Waals surface area (Å²) in [4.78, 5) is 11.5. The van der Waals surface area contributed by atoms with Gasteiger partial charge in [0, 0.05) is 0 Å². The Hall–Kier alpha value is -1.09. The second-order valence-corrected chi connectivity index (χ2v) is 13.8. The van der Waals surface area contributed by atoms with Crippen LogP contribution in [0.2, 0.25) is 5.21 Å². The summed E-state index contributed by atoms with van der Waals surface area (Å²) in [5.74, 6) is 0.409. The van der Waals surface area contributed by atoms with Gasteiger partial charge in [0.2, 0.25) is 0 Å². The third-order valence-electron chi connectivity index (χ3n) is 3.29. The van der Waals surface area contributed by atoms with Crippen LogP contribution in [-0.4, -0.2) is 28.3 Å². The van der Waals surface area contributed by atoms with Gasteiger partial charge in [-0.3, -0.25) is 0 Å². The van der Waals surface area contributed by atoms with Crippen molar-refractivity contribution in [2.45, 2.75) is 24.0 Å². The Bertz CT molecular complexity index is 782. The van der Waals surface area contributed by atoms with Crippen LogP contribution in [0, 0.1) is 5.92 Å². The van der Waals surface area contributed by atoms with Gasteiger partial charge in [0.25, 0.3) is 0 Å². The first-order valence-electron chi connectivity index (χ1n) is 7.19. The Morgan fingerprint density at radius 3 is 1.91 bits per heavy atom. The Morgan fingerprint density at radius 1 is 1.00 bits per heavy atom. The molecule has 0 fully saturated rings. The number of halogens is 1. The van der Waals surface area contributed by atoms with Gasteiger partial charge in [0.15, 0.2) is 0 Å². The normalized spacial score (nSPS) is 12.2. The molecular weight excluding hydrogens is 395 g/mol. The Kier molecular flexibility index (Phi) is 6.07. The number of hydrogen-bond donors (Lipinski definition) is 0. The van der Waals surface area contributed by atoms with Crippen molar-refractivity contribution in [1.82, 2.24) is 0 Å². The Balaban J connectivity index is 2.20. The molecule has 0 amide bonds. The fraction of sp³-hybridized carbons (Fsp3) is 0.235. The maximum atomic E-state index is 12.3. The topological polar surface area (TPSA) is 51.2 Å². The first-order valence-corrected chi connectivity index (χ1v) is 13.1. The van der Waals surface area contributed by atoms with E-state index in [1.165, 1.54) is 0 Å². The molecule has 0 saturated carbocycles. The van der Waals surface area contributed by atoms with E-state index >= 15 is 0 Å². The molecule has 1 unspecified atom stereocenters. The summed E-state index contributed by atoms with van der Waals surface area (Å²) in [6, 6.07) is 13.8. The summed E-state index contributed by atoms with van der Waals surface area (Å²) in [7, 11) is -3.11. The zero-order chi connectivity index (χ0) is 17.0. The first kappa shape index (κ1) is 18.3. The van der Waals surface area contributed by atoms with Crippen molar-refractivity contribution in [2.75, 3.05) is 0 Å². The zero-order valence-corrected chi connectivity index (χ0v) is 16.6. The maximum absolute atomic E-state index is 12.3. The standard InChI is InChI=1S/C17H18AsClO3S/c1-12(2)11-18-23(21,22)16-9-7-14(8-10-16)13-3-5-15(6-4-13)17(19)20/h3-10,12,18H,11H2,1-2H3. The van der Waals surface area contributed by atoms with Gasteiger partial charge < -0.3 is 0 Å². The molecule has 6 heteroatoms. The molecule has 23 heavy (non-hydrogen) atoms. The number of rotatable bonds is 6. The van der Waals surface area contributed by atoms with Crippen molar-refractivity contribution in [3.63, 3.8) is 0 Å². The number of carbonyl (C=O) groups excluding carboxylic acids is 1. The van der Waals surface area contributed by atoms with Gasteiger partial charge in [0.05, 0.1) is 0 Å². The quantitative estimate of drug-likeness (QED) is 0.533. The van der Waals surface area contributed by atoms with E-state index in [1.807, 2.05) is 13.8 Å². The molecule has 0 heterocycles. The zero-order valence-electron chi connectivity index (χ0n) is 12.9. The Labute approximate surface area is 147 Å². The van der Waals surface area contributed by atoms with Gasteiger partial charge in [-0.15, -0.1) is 0 Å². The Morgan fingerprint density at radius 2 is 1.48 bits per heavy atom. The van der Waals surface area contributed by atoms with Crippen LogP contribution in [-0.2, 0) is 8.10 Å². The molecule has 0 aromatic heterocycles. The van der Waals surface area contributed by atoms with E-state index in [9.17, 15) is 13.2 Å². The van der Waals surface area contributed by atoms with Crippen molar-refractivity contribution >= 4 is 39.5 Å². The van der Waals surface area contributed by atoms with E-state index in [-0.39, 0.29) is 0 Å². The molecule has 0 aliphatic carbocycles. The first-order chi connectivity index (χ1) is 10.8. The van der Waals surface area contributed by atoms with Crippen LogP contribution in [0.25, 0.3) is 11.1 Å². The number of benzene rings is 2. The number of hydrogen-bond acceptors (Lipinski definition) is 3. The molecule has 3 nitrogen and oxygen atoms in total. The van der Waals surface area contributed by atoms with Crippen LogP contribution in [0.5, 0.6) is 0 Å². The number of carbonyl (C=O) groups is 1. The van der Waals surface area contributed by atoms with E-state index < -0.39 is 27.9 Å². The van der Waals surface area contributed by atoms with Crippen LogP contribution in [0.3, 0.4) is 0 Å². The fourth-order valence-electron chi connectivity index (χ4n) is 1.98. The summed E-state index contributed by atoms with van der Waals surface area (Å²) in [6.45, 7) is 4.08. The molecule has 0 N–H and O–H groups in total. The average molecular weight is 413 g/mol. The molecule has 0 bridgehead atoms. The second-order valence-electron chi connectivity index (χ2n) is 5.62. The van der Waals surface area contributed by atoms with Gasteiger partial charge in [-0.05, 0) is 0 Å². The van der Waals surface area contributed by atoms with E-state index in [0.29, 0.717) is 16.4 Å². The minimum atomic E-state index is -3.11. The summed E-state index contributed by atoms with van der Waals surface area (Å²) in [5, 5.41) is 0.283. The predicted octanol–water partition coefficient (Wildman–Crippen LogP) is 3.93. The fourth-order valence-corrected chi connectivity index (χ4v) is 8.70. The molecule has 0 aliphatic rings. The van der Waals surface area contributed by atoms with E-state index in [4.69, 9.17) is 11.6 Å². The molecule has 0 radical (unpaired) electrons. The summed E-state index contributed by atoms with van der Waals surface area (Å²) in [5.41, 5.74) is 2.25. The molecule has 0 saturated heterocycles. The minimum absolute atomic E-state index is 0.398. The molecule has 0 spiro atoms. The molecule has 2 rings (SSSR count). The summed E-state index contributed by atoms with van der Waals surface area (Å²) < 4.78 is 24.6. The molecular formula is C17H18AsClO3S. The van der Waals surface area contributed by atoms with Crippen molar-refractivity contribution in [1.29, 1.82) is 0 Å². The van der Waals surface area contributed by atoms with Gasteiger partial charge in [0.1, 0.15) is 0 Å². The van der Waals surface area contributed by atoms with E-state index in [0.717, 1.165) is 16.3 Å². The van der Waals surface area contributed by atoms with Gasteiger partial charge >= 0.3 is 148 Å². The molecule has 1 atom stereocenters. The van der Waals surface area contributed by atoms with Crippen molar-refractivity contribution in [3.8, 4) is 11.1 Å². The van der Waals surface area contributed by atoms with Crippen LogP contribution in [0.15, 0.2) is 53.4 Å². The monoisotopic (exact) mass is 412 g/mol. The molecule has 2 aromatic carbocycles.